The highest BCUT2D eigenvalue weighted by atomic mass is 16.5. The van der Waals surface area contributed by atoms with Gasteiger partial charge in [-0.05, 0) is 18.6 Å². The third kappa shape index (κ3) is 3.65. The molecule has 0 fully saturated rings. The minimum Gasteiger partial charge on any atom is -0.477 e. The van der Waals surface area contributed by atoms with Crippen LogP contribution in [0.25, 0.3) is 0 Å². The summed E-state index contributed by atoms with van der Waals surface area (Å²) in [6.07, 6.45) is 0.135. The van der Waals surface area contributed by atoms with E-state index in [0.717, 1.165) is 12.1 Å². The Morgan fingerprint density at radius 3 is 2.90 bits per heavy atom. The van der Waals surface area contributed by atoms with E-state index in [-0.39, 0.29) is 12.5 Å². The van der Waals surface area contributed by atoms with Gasteiger partial charge in [-0.1, -0.05) is 19.1 Å². The molecule has 0 aliphatic carbocycles. The molecule has 1 heterocycles. The minimum absolute atomic E-state index is 0.0509. The molecule has 6 nitrogen and oxygen atoms in total. The highest BCUT2D eigenvalue weighted by molar-refractivity contribution is 5.86. The predicted octanol–water partition coefficient (Wildman–Crippen LogP) is 1.27. The Kier molecular flexibility index (Phi) is 5.03. The van der Waals surface area contributed by atoms with Crippen LogP contribution in [-0.2, 0) is 14.3 Å². The number of carbonyl (C=O) groups is 2. The summed E-state index contributed by atoms with van der Waals surface area (Å²) in [5.74, 6) is 0.0156. The van der Waals surface area contributed by atoms with Crippen molar-refractivity contribution in [2.75, 3.05) is 32.1 Å². The van der Waals surface area contributed by atoms with Crippen LogP contribution < -0.4 is 10.1 Å². The number of para-hydroxylation sites is 2. The Bertz CT molecular complexity index is 518. The summed E-state index contributed by atoms with van der Waals surface area (Å²) < 4.78 is 10.4. The van der Waals surface area contributed by atoms with E-state index < -0.39 is 12.1 Å². The molecule has 1 aliphatic heterocycles. The second-order valence-corrected chi connectivity index (χ2v) is 4.82. The van der Waals surface area contributed by atoms with Gasteiger partial charge in [-0.15, -0.1) is 0 Å². The maximum Gasteiger partial charge on any atom is 0.325 e. The van der Waals surface area contributed by atoms with Gasteiger partial charge in [-0.3, -0.25) is 9.59 Å². The number of nitrogens with one attached hydrogen (secondary N) is 1. The van der Waals surface area contributed by atoms with E-state index in [9.17, 15) is 9.59 Å². The quantitative estimate of drug-likeness (QED) is 0.828. The largest absolute Gasteiger partial charge is 0.477 e. The zero-order chi connectivity index (χ0) is 15.2. The lowest BCUT2D eigenvalue weighted by atomic mass is 10.2. The smallest absolute Gasteiger partial charge is 0.325 e. The second kappa shape index (κ2) is 6.97. The third-order valence-corrected chi connectivity index (χ3v) is 3.26. The molecule has 1 unspecified atom stereocenters. The van der Waals surface area contributed by atoms with Crippen molar-refractivity contribution in [2.24, 2.45) is 0 Å². The van der Waals surface area contributed by atoms with Crippen molar-refractivity contribution in [1.29, 1.82) is 0 Å². The molecule has 6 heteroatoms. The van der Waals surface area contributed by atoms with Crippen LogP contribution in [0.2, 0.25) is 0 Å². The third-order valence-electron chi connectivity index (χ3n) is 3.26. The van der Waals surface area contributed by atoms with Crippen LogP contribution in [0.5, 0.6) is 5.75 Å². The fourth-order valence-electron chi connectivity index (χ4n) is 2.21. The van der Waals surface area contributed by atoms with Crippen LogP contribution in [0.4, 0.5) is 5.69 Å². The van der Waals surface area contributed by atoms with Gasteiger partial charge in [0.05, 0.1) is 19.3 Å². The molecule has 1 N–H and O–H groups in total. The van der Waals surface area contributed by atoms with Crippen molar-refractivity contribution in [1.82, 2.24) is 4.90 Å². The first-order valence-electron chi connectivity index (χ1n) is 7.00. The molecule has 114 valence electrons. The molecular weight excluding hydrogens is 272 g/mol. The first kappa shape index (κ1) is 15.2. The van der Waals surface area contributed by atoms with Gasteiger partial charge >= 0.3 is 5.97 Å². The number of methoxy groups -OCH3 is 1. The Labute approximate surface area is 124 Å². The van der Waals surface area contributed by atoms with Crippen molar-refractivity contribution in [3.63, 3.8) is 0 Å². The molecule has 1 amide bonds. The molecule has 0 spiro atoms. The summed E-state index contributed by atoms with van der Waals surface area (Å²) in [7, 11) is 1.31. The molecule has 0 radical (unpaired) electrons. The normalized spacial score (nSPS) is 16.2. The lowest BCUT2D eigenvalue weighted by Crippen LogP contribution is -2.48. The van der Waals surface area contributed by atoms with Gasteiger partial charge in [0.1, 0.15) is 12.3 Å². The van der Waals surface area contributed by atoms with E-state index in [1.54, 1.807) is 0 Å². The summed E-state index contributed by atoms with van der Waals surface area (Å²) in [6, 6.07) is 7.46. The zero-order valence-electron chi connectivity index (χ0n) is 12.3. The maximum atomic E-state index is 12.5. The highest BCUT2D eigenvalue weighted by Gasteiger charge is 2.30. The molecule has 21 heavy (non-hydrogen) atoms. The van der Waals surface area contributed by atoms with E-state index in [4.69, 9.17) is 4.74 Å². The topological polar surface area (TPSA) is 67.9 Å². The molecule has 0 bridgehead atoms. The Hall–Kier alpha value is -2.24. The number of hydrogen-bond acceptors (Lipinski definition) is 5. The first-order valence-corrected chi connectivity index (χ1v) is 7.00. The van der Waals surface area contributed by atoms with Gasteiger partial charge in [-0.25, -0.2) is 0 Å². The van der Waals surface area contributed by atoms with Crippen molar-refractivity contribution < 1.29 is 19.1 Å². The number of benzene rings is 1. The number of rotatable bonds is 5. The number of nitrogens with zero attached hydrogens (tertiary/aromatic N) is 1. The minimum atomic E-state index is -0.629. The molecule has 1 aromatic carbocycles. The molecule has 0 saturated carbocycles. The maximum absolute atomic E-state index is 12.5. The van der Waals surface area contributed by atoms with Crippen LogP contribution >= 0.6 is 0 Å². The summed E-state index contributed by atoms with van der Waals surface area (Å²) in [4.78, 5) is 25.4. The molecule has 0 aromatic heterocycles. The number of amides is 1. The van der Waals surface area contributed by atoms with Crippen molar-refractivity contribution in [2.45, 2.75) is 19.4 Å². The number of carbonyl (C=O) groups excluding carboxylic acids is 2. The van der Waals surface area contributed by atoms with E-state index in [1.807, 2.05) is 31.2 Å². The number of anilines is 1. The number of ether oxygens (including phenoxy) is 2. The molecule has 1 aromatic rings. The van der Waals surface area contributed by atoms with Crippen LogP contribution in [0, 0.1) is 0 Å². The van der Waals surface area contributed by atoms with Gasteiger partial charge in [0.2, 0.25) is 0 Å². The summed E-state index contributed by atoms with van der Waals surface area (Å²) >= 11 is 0. The fourth-order valence-corrected chi connectivity index (χ4v) is 2.21. The second-order valence-electron chi connectivity index (χ2n) is 4.82. The molecule has 2 rings (SSSR count). The van der Waals surface area contributed by atoms with Crippen LogP contribution in [0.1, 0.15) is 13.3 Å². The SMILES string of the molecule is CCCN(CC(=O)OC)C(=O)C1CNc2ccccc2O1. The lowest BCUT2D eigenvalue weighted by molar-refractivity contribution is -0.149. The predicted molar refractivity (Wildman–Crippen MR) is 78.2 cm³/mol. The Morgan fingerprint density at radius 1 is 1.43 bits per heavy atom. The van der Waals surface area contributed by atoms with Gasteiger partial charge in [0.25, 0.3) is 5.91 Å². The number of fused-ring (bicyclic) bond motifs is 1. The summed E-state index contributed by atoms with van der Waals surface area (Å²) in [5, 5.41) is 3.17. The zero-order valence-corrected chi connectivity index (χ0v) is 12.3. The Morgan fingerprint density at radius 2 is 2.19 bits per heavy atom. The van der Waals surface area contributed by atoms with E-state index in [0.29, 0.717) is 18.8 Å². The van der Waals surface area contributed by atoms with Crippen molar-refractivity contribution in [3.8, 4) is 5.75 Å². The van der Waals surface area contributed by atoms with E-state index in [2.05, 4.69) is 10.1 Å². The first-order chi connectivity index (χ1) is 10.2. The van der Waals surface area contributed by atoms with Crippen molar-refractivity contribution >= 4 is 17.6 Å². The standard InChI is InChI=1S/C15H20N2O4/c1-3-8-17(10-14(18)20-2)15(19)13-9-16-11-6-4-5-7-12(11)21-13/h4-7,13,16H,3,8-10H2,1-2H3. The van der Waals surface area contributed by atoms with Crippen molar-refractivity contribution in [3.05, 3.63) is 24.3 Å². The van der Waals surface area contributed by atoms with Gasteiger partial charge in [-0.2, -0.15) is 0 Å². The average molecular weight is 292 g/mol. The van der Waals surface area contributed by atoms with Gasteiger partial charge in [0.15, 0.2) is 6.10 Å². The molecule has 0 saturated heterocycles. The summed E-state index contributed by atoms with van der Waals surface area (Å²) in [6.45, 7) is 2.78. The van der Waals surface area contributed by atoms with E-state index in [1.165, 1.54) is 12.0 Å². The van der Waals surface area contributed by atoms with Gasteiger partial charge in [0, 0.05) is 6.54 Å². The molecule has 1 atom stereocenters. The van der Waals surface area contributed by atoms with Gasteiger partial charge < -0.3 is 19.7 Å². The summed E-state index contributed by atoms with van der Waals surface area (Å²) in [5.41, 5.74) is 0.872. The van der Waals surface area contributed by atoms with Crippen LogP contribution in [0.3, 0.4) is 0 Å². The van der Waals surface area contributed by atoms with Crippen LogP contribution in [0.15, 0.2) is 24.3 Å². The number of esters is 1. The Balaban J connectivity index is 2.06. The monoisotopic (exact) mass is 292 g/mol. The molecular formula is C15H20N2O4. The number of hydrogen-bond donors (Lipinski definition) is 1. The highest BCUT2D eigenvalue weighted by Crippen LogP contribution is 2.28. The van der Waals surface area contributed by atoms with Crippen LogP contribution in [-0.4, -0.2) is 49.6 Å². The molecule has 1 aliphatic rings. The lowest BCUT2D eigenvalue weighted by Gasteiger charge is -2.30. The average Bonchev–Trinajstić information content (AvgIpc) is 2.53. The van der Waals surface area contributed by atoms with E-state index >= 15 is 0 Å². The fraction of sp³-hybridized carbons (Fsp3) is 0.467.